The van der Waals surface area contributed by atoms with Crippen molar-refractivity contribution in [1.82, 2.24) is 19.5 Å². The lowest BCUT2D eigenvalue weighted by atomic mass is 10.1. The Labute approximate surface area is 204 Å². The van der Waals surface area contributed by atoms with Crippen LogP contribution in [0.4, 0.5) is 0 Å². The summed E-state index contributed by atoms with van der Waals surface area (Å²) in [6.45, 7) is 2.55. The van der Waals surface area contributed by atoms with Crippen LogP contribution in [0.5, 0.6) is 0 Å². The fourth-order valence-corrected chi connectivity index (χ4v) is 4.70. The number of carbonyl (C=O) groups excluding carboxylic acids is 3. The number of rotatable bonds is 6. The fourth-order valence-electron chi connectivity index (χ4n) is 4.52. The molecule has 2 aliphatic rings. The van der Waals surface area contributed by atoms with Crippen LogP contribution < -0.4 is 0 Å². The Kier molecular flexibility index (Phi) is 5.89. The minimum Gasteiger partial charge on any atom is -0.462 e. The van der Waals surface area contributed by atoms with Crippen molar-refractivity contribution in [3.63, 3.8) is 0 Å². The number of halogens is 1. The highest BCUT2D eigenvalue weighted by Gasteiger charge is 2.72. The zero-order valence-corrected chi connectivity index (χ0v) is 19.5. The van der Waals surface area contributed by atoms with E-state index in [9.17, 15) is 14.4 Å². The van der Waals surface area contributed by atoms with Crippen molar-refractivity contribution >= 4 is 40.7 Å². The molecule has 2 fully saturated rings. The molecule has 1 saturated carbocycles. The zero-order valence-electron chi connectivity index (χ0n) is 18.8. The van der Waals surface area contributed by atoms with Crippen LogP contribution in [0.2, 0.25) is 5.15 Å². The second kappa shape index (κ2) is 8.90. The molecule has 3 aromatic rings. The van der Waals surface area contributed by atoms with Crippen LogP contribution in [-0.2, 0) is 28.5 Å². The molecular weight excluding hydrogens is 480 g/mol. The maximum absolute atomic E-state index is 12.4. The summed E-state index contributed by atoms with van der Waals surface area (Å²) in [5, 5.41) is 0.152. The molecule has 2 aromatic heterocycles. The normalized spacial score (nSPS) is 27.1. The molecule has 3 heterocycles. The van der Waals surface area contributed by atoms with Crippen LogP contribution in [0.25, 0.3) is 11.2 Å². The third-order valence-electron chi connectivity index (χ3n) is 6.11. The van der Waals surface area contributed by atoms with Crippen molar-refractivity contribution in [3.05, 3.63) is 53.7 Å². The Balaban J connectivity index is 1.44. The molecule has 11 nitrogen and oxygen atoms in total. The SMILES string of the molecule is CC(=O)OC1C(OC(C)=O)[C@@]2(C[C@@H]2COC(=O)c2ccccc2)O[C@H]1n1cnc2c(Cl)ncnc21. The van der Waals surface area contributed by atoms with Gasteiger partial charge in [0, 0.05) is 19.8 Å². The standard InChI is InChI=1S/C23H21ClN4O7/c1-12(29)33-17-18(34-13(2)30)23(8-15(23)9-32-22(31)14-6-4-3-5-7-14)35-21(17)28-11-27-16-19(24)25-10-26-20(16)28/h3-7,10-11,15,17-18,21H,8-9H2,1-2H3/t15-,17?,18?,21-,23+/m1/s1. The highest BCUT2D eigenvalue weighted by molar-refractivity contribution is 6.33. The molecule has 0 radical (unpaired) electrons. The molecule has 1 spiro atoms. The van der Waals surface area contributed by atoms with Crippen molar-refractivity contribution in [2.75, 3.05) is 6.61 Å². The lowest BCUT2D eigenvalue weighted by molar-refractivity contribution is -0.166. The first-order valence-electron chi connectivity index (χ1n) is 10.9. The third-order valence-corrected chi connectivity index (χ3v) is 6.38. The van der Waals surface area contributed by atoms with Gasteiger partial charge >= 0.3 is 17.9 Å². The van der Waals surface area contributed by atoms with Gasteiger partial charge in [-0.05, 0) is 18.6 Å². The van der Waals surface area contributed by atoms with E-state index in [0.29, 0.717) is 23.1 Å². The summed E-state index contributed by atoms with van der Waals surface area (Å²) in [5.41, 5.74) is 0.0936. The Hall–Kier alpha value is -3.57. The van der Waals surface area contributed by atoms with Crippen LogP contribution in [0.3, 0.4) is 0 Å². The predicted octanol–water partition coefficient (Wildman–Crippen LogP) is 2.49. The molecule has 0 amide bonds. The van der Waals surface area contributed by atoms with Gasteiger partial charge in [0.1, 0.15) is 17.4 Å². The summed E-state index contributed by atoms with van der Waals surface area (Å²) < 4.78 is 24.7. The summed E-state index contributed by atoms with van der Waals surface area (Å²) in [4.78, 5) is 48.8. The van der Waals surface area contributed by atoms with E-state index in [0.717, 1.165) is 0 Å². The average molecular weight is 501 g/mol. The van der Waals surface area contributed by atoms with Crippen LogP contribution in [0, 0.1) is 5.92 Å². The first-order valence-corrected chi connectivity index (χ1v) is 11.3. The predicted molar refractivity (Wildman–Crippen MR) is 119 cm³/mol. The number of ether oxygens (including phenoxy) is 4. The lowest BCUT2D eigenvalue weighted by Gasteiger charge is -2.24. The van der Waals surface area contributed by atoms with Gasteiger partial charge in [0.15, 0.2) is 29.2 Å². The van der Waals surface area contributed by atoms with E-state index in [1.165, 1.54) is 26.5 Å². The van der Waals surface area contributed by atoms with Crippen molar-refractivity contribution < 1.29 is 33.3 Å². The van der Waals surface area contributed by atoms with Crippen LogP contribution >= 0.6 is 11.6 Å². The van der Waals surface area contributed by atoms with Gasteiger partial charge in [0.05, 0.1) is 18.5 Å². The number of hydrogen-bond donors (Lipinski definition) is 0. The Morgan fingerprint density at radius 2 is 1.86 bits per heavy atom. The lowest BCUT2D eigenvalue weighted by Crippen LogP contribution is -2.41. The molecule has 2 unspecified atom stereocenters. The monoisotopic (exact) mass is 500 g/mol. The second-order valence-electron chi connectivity index (χ2n) is 8.42. The smallest absolute Gasteiger partial charge is 0.338 e. The summed E-state index contributed by atoms with van der Waals surface area (Å²) in [6.07, 6.45) is 0.281. The largest absolute Gasteiger partial charge is 0.462 e. The number of fused-ring (bicyclic) bond motifs is 1. The molecule has 5 rings (SSSR count). The van der Waals surface area contributed by atoms with Gasteiger partial charge in [-0.15, -0.1) is 0 Å². The first-order chi connectivity index (χ1) is 16.8. The molecule has 1 aliphatic heterocycles. The molecule has 1 aliphatic carbocycles. The number of carbonyl (C=O) groups is 3. The Bertz CT molecular complexity index is 1300. The number of esters is 3. The molecular formula is C23H21ClN4O7. The van der Waals surface area contributed by atoms with E-state index in [4.69, 9.17) is 30.5 Å². The van der Waals surface area contributed by atoms with E-state index < -0.39 is 41.9 Å². The van der Waals surface area contributed by atoms with Gasteiger partial charge in [-0.3, -0.25) is 14.2 Å². The highest BCUT2D eigenvalue weighted by Crippen LogP contribution is 2.59. The fraction of sp³-hybridized carbons (Fsp3) is 0.391. The van der Waals surface area contributed by atoms with E-state index in [2.05, 4.69) is 15.0 Å². The van der Waals surface area contributed by atoms with E-state index >= 15 is 0 Å². The van der Waals surface area contributed by atoms with Crippen LogP contribution in [0.1, 0.15) is 36.9 Å². The third kappa shape index (κ3) is 4.21. The Morgan fingerprint density at radius 1 is 1.11 bits per heavy atom. The van der Waals surface area contributed by atoms with Gasteiger partial charge in [-0.25, -0.2) is 19.7 Å². The minimum atomic E-state index is -1.03. The second-order valence-corrected chi connectivity index (χ2v) is 8.78. The van der Waals surface area contributed by atoms with Crippen molar-refractivity contribution in [2.45, 2.75) is 44.3 Å². The molecule has 1 aromatic carbocycles. The maximum Gasteiger partial charge on any atom is 0.338 e. The van der Waals surface area contributed by atoms with Crippen molar-refractivity contribution in [2.24, 2.45) is 5.92 Å². The van der Waals surface area contributed by atoms with Gasteiger partial charge < -0.3 is 18.9 Å². The summed E-state index contributed by atoms with van der Waals surface area (Å²) in [5.74, 6) is -1.92. The molecule has 35 heavy (non-hydrogen) atoms. The number of benzene rings is 1. The topological polar surface area (TPSA) is 132 Å². The van der Waals surface area contributed by atoms with E-state index in [1.807, 2.05) is 0 Å². The minimum absolute atomic E-state index is 0.0314. The van der Waals surface area contributed by atoms with Gasteiger partial charge in [-0.1, -0.05) is 29.8 Å². The number of aromatic nitrogens is 4. The molecule has 5 atom stereocenters. The van der Waals surface area contributed by atoms with Gasteiger partial charge in [0.2, 0.25) is 0 Å². The molecule has 0 N–H and O–H groups in total. The van der Waals surface area contributed by atoms with E-state index in [-0.39, 0.29) is 17.7 Å². The van der Waals surface area contributed by atoms with E-state index in [1.54, 1.807) is 34.9 Å². The van der Waals surface area contributed by atoms with Crippen LogP contribution in [-0.4, -0.2) is 61.8 Å². The summed E-state index contributed by atoms with van der Waals surface area (Å²) in [6, 6.07) is 8.60. The van der Waals surface area contributed by atoms with Crippen molar-refractivity contribution in [1.29, 1.82) is 0 Å². The Morgan fingerprint density at radius 3 is 2.57 bits per heavy atom. The highest BCUT2D eigenvalue weighted by atomic mass is 35.5. The summed E-state index contributed by atoms with van der Waals surface area (Å²) >= 11 is 6.14. The number of hydrogen-bond acceptors (Lipinski definition) is 10. The molecule has 12 heteroatoms. The van der Waals surface area contributed by atoms with Crippen molar-refractivity contribution in [3.8, 4) is 0 Å². The maximum atomic E-state index is 12.4. The van der Waals surface area contributed by atoms with Crippen LogP contribution in [0.15, 0.2) is 43.0 Å². The molecule has 182 valence electrons. The quantitative estimate of drug-likeness (QED) is 0.282. The first kappa shape index (κ1) is 23.2. The number of imidazole rings is 1. The molecule has 0 bridgehead atoms. The van der Waals surface area contributed by atoms with Gasteiger partial charge in [-0.2, -0.15) is 0 Å². The molecule has 1 saturated heterocycles. The zero-order chi connectivity index (χ0) is 24.7. The van der Waals surface area contributed by atoms with Gasteiger partial charge in [0.25, 0.3) is 0 Å². The number of nitrogens with zero attached hydrogens (tertiary/aromatic N) is 4. The average Bonchev–Trinajstić information content (AvgIpc) is 3.22. The summed E-state index contributed by atoms with van der Waals surface area (Å²) in [7, 11) is 0.